The fraction of sp³-hybridized carbons (Fsp3) is 0.750. The summed E-state index contributed by atoms with van der Waals surface area (Å²) in [7, 11) is 0. The third-order valence-electron chi connectivity index (χ3n) is 6.04. The van der Waals surface area contributed by atoms with E-state index in [1.54, 1.807) is 6.33 Å². The molecule has 2 aromatic rings. The zero-order valence-electron chi connectivity index (χ0n) is 16.7. The Hall–Kier alpha value is -1.73. The van der Waals surface area contributed by atoms with E-state index in [4.69, 9.17) is 9.84 Å². The second kappa shape index (κ2) is 7.36. The molecule has 1 N–H and O–H groups in total. The van der Waals surface area contributed by atoms with Crippen LogP contribution in [0.25, 0.3) is 11.0 Å². The number of unbranched alkanes of at least 4 members (excludes halogenated alkanes) is 1. The lowest BCUT2D eigenvalue weighted by Gasteiger charge is -2.25. The highest BCUT2D eigenvalue weighted by Crippen LogP contribution is 2.43. The molecule has 0 unspecified atom stereocenters. The summed E-state index contributed by atoms with van der Waals surface area (Å²) in [4.78, 5) is 11.6. The summed E-state index contributed by atoms with van der Waals surface area (Å²) in [6.07, 6.45) is 4.80. The number of anilines is 1. The number of hydrogen-bond acceptors (Lipinski definition) is 6. The summed E-state index contributed by atoms with van der Waals surface area (Å²) in [6.45, 7) is 10.7. The quantitative estimate of drug-likeness (QED) is 0.802. The van der Waals surface area contributed by atoms with Crippen LogP contribution in [-0.2, 0) is 17.7 Å². The van der Waals surface area contributed by atoms with Crippen molar-refractivity contribution in [3.63, 3.8) is 0 Å². The van der Waals surface area contributed by atoms with E-state index in [2.05, 4.69) is 40.3 Å². The van der Waals surface area contributed by atoms with Gasteiger partial charge in [0.2, 0.25) is 0 Å². The van der Waals surface area contributed by atoms with Crippen LogP contribution in [0.15, 0.2) is 6.33 Å². The molecule has 7 nitrogen and oxygen atoms in total. The van der Waals surface area contributed by atoms with E-state index < -0.39 is 0 Å². The Kier molecular flexibility index (Phi) is 5.07. The Morgan fingerprint density at radius 2 is 2.22 bits per heavy atom. The number of aliphatic hydroxyl groups excluding tert-OH is 1. The molecule has 2 saturated heterocycles. The van der Waals surface area contributed by atoms with Crippen LogP contribution >= 0.6 is 0 Å². The van der Waals surface area contributed by atoms with Crippen LogP contribution in [0.5, 0.6) is 0 Å². The Morgan fingerprint density at radius 3 is 2.93 bits per heavy atom. The largest absolute Gasteiger partial charge is 0.396 e. The van der Waals surface area contributed by atoms with E-state index >= 15 is 0 Å². The maximum atomic E-state index is 10.0. The van der Waals surface area contributed by atoms with Crippen molar-refractivity contribution >= 4 is 16.9 Å². The maximum Gasteiger partial charge on any atom is 0.163 e. The molecule has 0 radical (unpaired) electrons. The molecular weight excluding hydrogens is 342 g/mol. The molecule has 0 saturated carbocycles. The van der Waals surface area contributed by atoms with Gasteiger partial charge in [-0.1, -0.05) is 27.2 Å². The van der Waals surface area contributed by atoms with Gasteiger partial charge < -0.3 is 14.7 Å². The summed E-state index contributed by atoms with van der Waals surface area (Å²) in [5.74, 6) is 1.85. The first-order valence-corrected chi connectivity index (χ1v) is 10.2. The smallest absolute Gasteiger partial charge is 0.163 e. The monoisotopic (exact) mass is 373 g/mol. The van der Waals surface area contributed by atoms with Crippen LogP contribution in [-0.4, -0.2) is 57.8 Å². The molecule has 2 aliphatic heterocycles. The summed E-state index contributed by atoms with van der Waals surface area (Å²) in [5.41, 5.74) is 1.88. The molecule has 0 aliphatic carbocycles. The lowest BCUT2D eigenvalue weighted by Crippen LogP contribution is -2.34. The molecule has 2 fully saturated rings. The first kappa shape index (κ1) is 18.6. The second-order valence-electron chi connectivity index (χ2n) is 8.63. The number of aryl methyl sites for hydroxylation is 1. The number of nitrogens with zero attached hydrogens (tertiary/aromatic N) is 5. The van der Waals surface area contributed by atoms with Crippen LogP contribution in [0.3, 0.4) is 0 Å². The molecule has 4 rings (SSSR count). The molecule has 4 heterocycles. The topological polar surface area (TPSA) is 76.3 Å². The van der Waals surface area contributed by atoms with Crippen molar-refractivity contribution in [2.45, 2.75) is 46.6 Å². The van der Waals surface area contributed by atoms with Crippen molar-refractivity contribution in [3.05, 3.63) is 12.0 Å². The number of hydrogen-bond donors (Lipinski definition) is 1. The summed E-state index contributed by atoms with van der Waals surface area (Å²) < 4.78 is 7.73. The standard InChI is InChI=1S/C20H31N5O2/c1-4-5-6-25-19-17(16(23-25)7-14(2)3)18(21-13-22-19)24-8-15-9-27-12-20(15,10-24)11-26/h13-15,26H,4-12H2,1-3H3/t15-,20-/m0/s1. The summed E-state index contributed by atoms with van der Waals surface area (Å²) in [6, 6.07) is 0. The van der Waals surface area contributed by atoms with Gasteiger partial charge in [-0.05, 0) is 18.8 Å². The van der Waals surface area contributed by atoms with Crippen molar-refractivity contribution in [1.29, 1.82) is 0 Å². The fourth-order valence-corrected chi connectivity index (χ4v) is 4.51. The zero-order chi connectivity index (χ0) is 19.0. The highest BCUT2D eigenvalue weighted by molar-refractivity contribution is 5.90. The average molecular weight is 374 g/mol. The Morgan fingerprint density at radius 1 is 1.37 bits per heavy atom. The van der Waals surface area contributed by atoms with Crippen LogP contribution < -0.4 is 4.90 Å². The summed E-state index contributed by atoms with van der Waals surface area (Å²) in [5, 5.41) is 16.0. The van der Waals surface area contributed by atoms with Gasteiger partial charge in [0.05, 0.1) is 30.9 Å². The molecule has 0 bridgehead atoms. The minimum absolute atomic E-state index is 0.159. The van der Waals surface area contributed by atoms with Gasteiger partial charge in [-0.2, -0.15) is 5.10 Å². The van der Waals surface area contributed by atoms with E-state index in [1.165, 1.54) is 0 Å². The minimum atomic E-state index is -0.159. The van der Waals surface area contributed by atoms with Crippen molar-refractivity contribution in [3.8, 4) is 0 Å². The van der Waals surface area contributed by atoms with Gasteiger partial charge >= 0.3 is 0 Å². The van der Waals surface area contributed by atoms with Gasteiger partial charge in [-0.3, -0.25) is 0 Å². The third-order valence-corrected chi connectivity index (χ3v) is 6.04. The normalized spacial score (nSPS) is 25.1. The van der Waals surface area contributed by atoms with E-state index in [0.717, 1.165) is 68.0 Å². The Bertz CT molecular complexity index is 805. The predicted octanol–water partition coefficient (Wildman–Crippen LogP) is 2.27. The molecule has 2 atom stereocenters. The minimum Gasteiger partial charge on any atom is -0.396 e. The van der Waals surface area contributed by atoms with Crippen LogP contribution in [0.2, 0.25) is 0 Å². The van der Waals surface area contributed by atoms with Crippen molar-refractivity contribution in [1.82, 2.24) is 19.7 Å². The maximum absolute atomic E-state index is 10.0. The van der Waals surface area contributed by atoms with Gasteiger partial charge in [0.25, 0.3) is 0 Å². The number of fused-ring (bicyclic) bond motifs is 2. The molecule has 27 heavy (non-hydrogen) atoms. The lowest BCUT2D eigenvalue weighted by molar-refractivity contribution is 0.0989. The first-order chi connectivity index (χ1) is 13.1. The molecule has 0 aromatic carbocycles. The van der Waals surface area contributed by atoms with Gasteiger partial charge in [0.15, 0.2) is 5.65 Å². The van der Waals surface area contributed by atoms with E-state index in [1.807, 2.05) is 0 Å². The van der Waals surface area contributed by atoms with E-state index in [0.29, 0.717) is 18.4 Å². The van der Waals surface area contributed by atoms with Crippen LogP contribution in [0, 0.1) is 17.3 Å². The highest BCUT2D eigenvalue weighted by atomic mass is 16.5. The van der Waals surface area contributed by atoms with Crippen LogP contribution in [0.1, 0.15) is 39.3 Å². The lowest BCUT2D eigenvalue weighted by atomic mass is 9.82. The van der Waals surface area contributed by atoms with Gasteiger partial charge in [-0.15, -0.1) is 0 Å². The fourth-order valence-electron chi connectivity index (χ4n) is 4.51. The second-order valence-corrected chi connectivity index (χ2v) is 8.63. The van der Waals surface area contributed by atoms with Crippen molar-refractivity contribution < 1.29 is 9.84 Å². The molecule has 7 heteroatoms. The van der Waals surface area contributed by atoms with Gasteiger partial charge in [0.1, 0.15) is 12.1 Å². The Balaban J connectivity index is 1.75. The number of ether oxygens (including phenoxy) is 1. The summed E-state index contributed by atoms with van der Waals surface area (Å²) >= 11 is 0. The van der Waals surface area contributed by atoms with Crippen molar-refractivity contribution in [2.24, 2.45) is 17.3 Å². The third kappa shape index (κ3) is 3.21. The van der Waals surface area contributed by atoms with E-state index in [-0.39, 0.29) is 12.0 Å². The van der Waals surface area contributed by atoms with Crippen LogP contribution in [0.4, 0.5) is 5.82 Å². The highest BCUT2D eigenvalue weighted by Gasteiger charge is 2.51. The SMILES string of the molecule is CCCCn1nc(CC(C)C)c2c(N3C[C@H]4COC[C@@]4(CO)C3)ncnc21. The molecule has 2 aliphatic rings. The Labute approximate surface area is 160 Å². The molecule has 148 valence electrons. The van der Waals surface area contributed by atoms with Gasteiger partial charge in [-0.25, -0.2) is 14.6 Å². The molecule has 0 spiro atoms. The molecule has 0 amide bonds. The number of rotatable bonds is 7. The van der Waals surface area contributed by atoms with Crippen molar-refractivity contribution in [2.75, 3.05) is 37.8 Å². The first-order valence-electron chi connectivity index (χ1n) is 10.2. The van der Waals surface area contributed by atoms with E-state index in [9.17, 15) is 5.11 Å². The molecular formula is C20H31N5O2. The van der Waals surface area contributed by atoms with Gasteiger partial charge in [0, 0.05) is 31.0 Å². The number of aliphatic hydroxyl groups is 1. The molecule has 2 aromatic heterocycles. The number of aromatic nitrogens is 4. The average Bonchev–Trinajstić information content (AvgIpc) is 3.30. The predicted molar refractivity (Wildman–Crippen MR) is 105 cm³/mol. The zero-order valence-corrected chi connectivity index (χ0v) is 16.7.